The monoisotopic (exact) mass is 354 g/mol. The molecule has 5 heteroatoms. The molecule has 0 bridgehead atoms. The highest BCUT2D eigenvalue weighted by Crippen LogP contribution is 2.18. The SMILES string of the molecule is C[C@@H](C(=O)N(C)Cc1ccccc1)[NH+]1CCN(c2ccc(O)cc2)CC1. The molecule has 2 N–H and O–H groups in total. The zero-order chi connectivity index (χ0) is 18.5. The van der Waals surface area contributed by atoms with Crippen molar-refractivity contribution in [2.24, 2.45) is 0 Å². The van der Waals surface area contributed by atoms with Gasteiger partial charge in [-0.05, 0) is 36.8 Å². The third kappa shape index (κ3) is 4.35. The zero-order valence-corrected chi connectivity index (χ0v) is 15.6. The Morgan fingerprint density at radius 2 is 1.73 bits per heavy atom. The number of rotatable bonds is 5. The highest BCUT2D eigenvalue weighted by Gasteiger charge is 2.31. The third-order valence-electron chi connectivity index (χ3n) is 5.24. The topological polar surface area (TPSA) is 48.2 Å². The Morgan fingerprint density at radius 3 is 2.35 bits per heavy atom. The van der Waals surface area contributed by atoms with Crippen LogP contribution in [0, 0.1) is 0 Å². The van der Waals surface area contributed by atoms with Gasteiger partial charge in [-0.15, -0.1) is 0 Å². The lowest BCUT2D eigenvalue weighted by Crippen LogP contribution is -3.19. The van der Waals surface area contributed by atoms with Crippen molar-refractivity contribution in [1.82, 2.24) is 4.90 Å². The number of anilines is 1. The van der Waals surface area contributed by atoms with E-state index in [2.05, 4.69) is 17.0 Å². The summed E-state index contributed by atoms with van der Waals surface area (Å²) in [5, 5.41) is 9.42. The molecule has 1 atom stereocenters. The number of hydrogen-bond donors (Lipinski definition) is 2. The van der Waals surface area contributed by atoms with Gasteiger partial charge in [0.1, 0.15) is 5.75 Å². The van der Waals surface area contributed by atoms with Crippen molar-refractivity contribution in [3.8, 4) is 5.75 Å². The van der Waals surface area contributed by atoms with Crippen LogP contribution < -0.4 is 9.80 Å². The average Bonchev–Trinajstić information content (AvgIpc) is 2.68. The minimum atomic E-state index is -0.0364. The minimum absolute atomic E-state index is 0.0364. The van der Waals surface area contributed by atoms with Crippen molar-refractivity contribution in [2.75, 3.05) is 38.1 Å². The molecule has 2 aromatic rings. The molecule has 26 heavy (non-hydrogen) atoms. The molecule has 0 saturated carbocycles. The summed E-state index contributed by atoms with van der Waals surface area (Å²) in [5.41, 5.74) is 2.28. The number of benzene rings is 2. The molecule has 3 rings (SSSR count). The molecular weight excluding hydrogens is 326 g/mol. The highest BCUT2D eigenvalue weighted by molar-refractivity contribution is 5.79. The smallest absolute Gasteiger partial charge is 0.280 e. The second-order valence-corrected chi connectivity index (χ2v) is 7.06. The van der Waals surface area contributed by atoms with Crippen LogP contribution in [0.3, 0.4) is 0 Å². The molecule has 0 aromatic heterocycles. The van der Waals surface area contributed by atoms with Gasteiger partial charge in [0.15, 0.2) is 6.04 Å². The van der Waals surface area contributed by atoms with Crippen molar-refractivity contribution in [2.45, 2.75) is 19.5 Å². The van der Waals surface area contributed by atoms with Gasteiger partial charge in [0.2, 0.25) is 0 Å². The molecule has 1 amide bonds. The van der Waals surface area contributed by atoms with Gasteiger partial charge in [-0.2, -0.15) is 0 Å². The maximum atomic E-state index is 12.8. The minimum Gasteiger partial charge on any atom is -0.508 e. The summed E-state index contributed by atoms with van der Waals surface area (Å²) in [5.74, 6) is 0.487. The molecule has 1 fully saturated rings. The second-order valence-electron chi connectivity index (χ2n) is 7.06. The predicted molar refractivity (Wildman–Crippen MR) is 103 cm³/mol. The molecule has 2 aromatic carbocycles. The quantitative estimate of drug-likeness (QED) is 0.847. The van der Waals surface area contributed by atoms with Crippen molar-refractivity contribution >= 4 is 11.6 Å². The lowest BCUT2D eigenvalue weighted by atomic mass is 10.1. The van der Waals surface area contributed by atoms with Crippen LogP contribution in [0.4, 0.5) is 5.69 Å². The van der Waals surface area contributed by atoms with Gasteiger partial charge >= 0.3 is 0 Å². The highest BCUT2D eigenvalue weighted by atomic mass is 16.3. The lowest BCUT2D eigenvalue weighted by Gasteiger charge is -2.37. The summed E-state index contributed by atoms with van der Waals surface area (Å²) < 4.78 is 0. The number of phenolic OH excluding ortho intramolecular Hbond substituents is 1. The number of carbonyl (C=O) groups excluding carboxylic acids is 1. The fraction of sp³-hybridized carbons (Fsp3) is 0.381. The van der Waals surface area contributed by atoms with Crippen molar-refractivity contribution in [3.63, 3.8) is 0 Å². The van der Waals surface area contributed by atoms with Crippen LogP contribution in [0.15, 0.2) is 54.6 Å². The van der Waals surface area contributed by atoms with E-state index in [9.17, 15) is 9.90 Å². The van der Waals surface area contributed by atoms with Crippen LogP contribution in [0.25, 0.3) is 0 Å². The van der Waals surface area contributed by atoms with Gasteiger partial charge in [0.25, 0.3) is 5.91 Å². The van der Waals surface area contributed by atoms with Crippen LogP contribution in [0.2, 0.25) is 0 Å². The van der Waals surface area contributed by atoms with Crippen molar-refractivity contribution in [1.29, 1.82) is 0 Å². The summed E-state index contributed by atoms with van der Waals surface area (Å²) in [4.78, 5) is 18.3. The number of phenols is 1. The number of carbonyl (C=O) groups is 1. The molecular formula is C21H28N3O2+. The summed E-state index contributed by atoms with van der Waals surface area (Å²) in [7, 11) is 1.89. The van der Waals surface area contributed by atoms with E-state index in [1.165, 1.54) is 4.90 Å². The average molecular weight is 354 g/mol. The molecule has 0 unspecified atom stereocenters. The first kappa shape index (κ1) is 18.3. The van der Waals surface area contributed by atoms with Crippen LogP contribution in [0.1, 0.15) is 12.5 Å². The summed E-state index contributed by atoms with van der Waals surface area (Å²) >= 11 is 0. The summed E-state index contributed by atoms with van der Waals surface area (Å²) in [6.07, 6.45) is 0. The standard InChI is InChI=1S/C21H27N3O2/c1-17(21(26)22(2)16-18-6-4-3-5-7-18)23-12-14-24(15-13-23)19-8-10-20(25)11-9-19/h3-11,17,25H,12-16H2,1-2H3/p+1/t17-/m0/s1. The molecule has 138 valence electrons. The Hall–Kier alpha value is -2.53. The number of nitrogens with zero attached hydrogens (tertiary/aromatic N) is 2. The van der Waals surface area contributed by atoms with Gasteiger partial charge in [0.05, 0.1) is 26.2 Å². The van der Waals surface area contributed by atoms with E-state index in [1.54, 1.807) is 12.1 Å². The fourth-order valence-electron chi connectivity index (χ4n) is 3.59. The van der Waals surface area contributed by atoms with E-state index in [4.69, 9.17) is 0 Å². The Bertz CT molecular complexity index is 710. The molecule has 1 saturated heterocycles. The molecule has 0 spiro atoms. The van der Waals surface area contributed by atoms with Crippen LogP contribution in [-0.4, -0.2) is 55.2 Å². The molecule has 0 aliphatic carbocycles. The zero-order valence-electron chi connectivity index (χ0n) is 15.6. The predicted octanol–water partition coefficient (Wildman–Crippen LogP) is 1.14. The normalized spacial score (nSPS) is 16.3. The Labute approximate surface area is 155 Å². The molecule has 1 heterocycles. The summed E-state index contributed by atoms with van der Waals surface area (Å²) in [6.45, 7) is 6.40. The Kier molecular flexibility index (Phi) is 5.78. The largest absolute Gasteiger partial charge is 0.508 e. The van der Waals surface area contributed by atoms with E-state index in [0.29, 0.717) is 12.3 Å². The van der Waals surface area contributed by atoms with Crippen molar-refractivity contribution in [3.05, 3.63) is 60.2 Å². The maximum absolute atomic E-state index is 12.8. The number of nitrogens with one attached hydrogen (secondary N) is 1. The Balaban J connectivity index is 1.53. The first-order chi connectivity index (χ1) is 12.5. The molecule has 5 nitrogen and oxygen atoms in total. The van der Waals surface area contributed by atoms with Gasteiger partial charge in [-0.3, -0.25) is 4.79 Å². The van der Waals surface area contributed by atoms with E-state index < -0.39 is 0 Å². The fourth-order valence-corrected chi connectivity index (χ4v) is 3.59. The van der Waals surface area contributed by atoms with Gasteiger partial charge < -0.3 is 19.8 Å². The maximum Gasteiger partial charge on any atom is 0.280 e. The first-order valence-electron chi connectivity index (χ1n) is 9.22. The molecule has 1 aliphatic heterocycles. The number of piperazine rings is 1. The van der Waals surface area contributed by atoms with Gasteiger partial charge in [0, 0.05) is 19.3 Å². The van der Waals surface area contributed by atoms with E-state index >= 15 is 0 Å². The molecule has 1 aliphatic rings. The second kappa shape index (κ2) is 8.23. The van der Waals surface area contributed by atoms with E-state index in [0.717, 1.165) is 37.4 Å². The van der Waals surface area contributed by atoms with Crippen LogP contribution in [-0.2, 0) is 11.3 Å². The number of amides is 1. The number of likely N-dealkylation sites (N-methyl/N-ethyl adjacent to an activating group) is 1. The number of quaternary nitrogens is 1. The van der Waals surface area contributed by atoms with E-state index in [-0.39, 0.29) is 11.9 Å². The van der Waals surface area contributed by atoms with Crippen molar-refractivity contribution < 1.29 is 14.8 Å². The van der Waals surface area contributed by atoms with Crippen LogP contribution >= 0.6 is 0 Å². The lowest BCUT2D eigenvalue weighted by molar-refractivity contribution is -0.915. The van der Waals surface area contributed by atoms with Crippen LogP contribution in [0.5, 0.6) is 5.75 Å². The van der Waals surface area contributed by atoms with Gasteiger partial charge in [-0.1, -0.05) is 30.3 Å². The van der Waals surface area contributed by atoms with Gasteiger partial charge in [-0.25, -0.2) is 0 Å². The molecule has 0 radical (unpaired) electrons. The number of hydrogen-bond acceptors (Lipinski definition) is 3. The first-order valence-corrected chi connectivity index (χ1v) is 9.22. The summed E-state index contributed by atoms with van der Waals surface area (Å²) in [6, 6.07) is 17.4. The third-order valence-corrected chi connectivity index (χ3v) is 5.24. The number of aromatic hydroxyl groups is 1. The van der Waals surface area contributed by atoms with E-state index in [1.807, 2.05) is 49.2 Å². The Morgan fingerprint density at radius 1 is 1.12 bits per heavy atom.